The molecule has 3 N–H and O–H groups in total. The molecule has 0 atom stereocenters. The van der Waals surface area contributed by atoms with Crippen molar-refractivity contribution in [2.24, 2.45) is 5.84 Å². The number of ether oxygens (including phenoxy) is 2. The van der Waals surface area contributed by atoms with Crippen LogP contribution in [-0.2, 0) is 11.3 Å². The van der Waals surface area contributed by atoms with Crippen LogP contribution in [-0.4, -0.2) is 17.1 Å². The molecule has 0 bridgehead atoms. The Morgan fingerprint density at radius 1 is 1.26 bits per heavy atom. The fourth-order valence-corrected chi connectivity index (χ4v) is 1.64. The Morgan fingerprint density at radius 3 is 2.84 bits per heavy atom. The molecule has 0 fully saturated rings. The van der Waals surface area contributed by atoms with E-state index in [9.17, 15) is 0 Å². The van der Waals surface area contributed by atoms with Crippen LogP contribution in [0.1, 0.15) is 11.3 Å². The van der Waals surface area contributed by atoms with Gasteiger partial charge in [-0.2, -0.15) is 4.98 Å². The largest absolute Gasteiger partial charge is 0.439 e. The van der Waals surface area contributed by atoms with Gasteiger partial charge in [0, 0.05) is 18.9 Å². The van der Waals surface area contributed by atoms with Crippen molar-refractivity contribution in [1.29, 1.82) is 0 Å². The third-order valence-corrected chi connectivity index (χ3v) is 2.39. The molecule has 0 aliphatic carbocycles. The number of hydrogen-bond donors (Lipinski definition) is 2. The van der Waals surface area contributed by atoms with Crippen LogP contribution in [0, 0.1) is 6.92 Å². The predicted molar refractivity (Wildman–Crippen MR) is 71.8 cm³/mol. The molecule has 1 heterocycles. The number of benzene rings is 1. The zero-order valence-corrected chi connectivity index (χ0v) is 10.9. The van der Waals surface area contributed by atoms with Gasteiger partial charge >= 0.3 is 0 Å². The number of hydrogen-bond acceptors (Lipinski definition) is 6. The van der Waals surface area contributed by atoms with E-state index in [1.807, 2.05) is 31.2 Å². The van der Waals surface area contributed by atoms with Crippen molar-refractivity contribution in [3.05, 3.63) is 41.6 Å². The van der Waals surface area contributed by atoms with Crippen LogP contribution in [0.4, 0.5) is 5.95 Å². The van der Waals surface area contributed by atoms with Gasteiger partial charge in [-0.25, -0.2) is 10.8 Å². The normalized spacial score (nSPS) is 10.3. The van der Waals surface area contributed by atoms with E-state index in [-0.39, 0.29) is 0 Å². The summed E-state index contributed by atoms with van der Waals surface area (Å²) < 4.78 is 10.8. The number of rotatable bonds is 5. The highest BCUT2D eigenvalue weighted by molar-refractivity contribution is 5.34. The Bertz CT molecular complexity index is 560. The first-order valence-corrected chi connectivity index (χ1v) is 5.79. The molecule has 100 valence electrons. The third-order valence-electron chi connectivity index (χ3n) is 2.39. The van der Waals surface area contributed by atoms with Crippen LogP contribution in [0.3, 0.4) is 0 Å². The van der Waals surface area contributed by atoms with Gasteiger partial charge in [0.2, 0.25) is 11.8 Å². The molecule has 0 unspecified atom stereocenters. The quantitative estimate of drug-likeness (QED) is 0.632. The number of aromatic nitrogens is 2. The number of nitrogens with two attached hydrogens (primary N) is 1. The maximum atomic E-state index is 5.69. The van der Waals surface area contributed by atoms with Crippen LogP contribution >= 0.6 is 0 Å². The maximum Gasteiger partial charge on any atom is 0.240 e. The number of nitrogens with one attached hydrogen (secondary N) is 1. The van der Waals surface area contributed by atoms with E-state index in [0.29, 0.717) is 24.2 Å². The van der Waals surface area contributed by atoms with Crippen LogP contribution < -0.4 is 16.0 Å². The summed E-state index contributed by atoms with van der Waals surface area (Å²) in [6, 6.07) is 9.36. The standard InChI is InChI=1S/C13H16N4O2/c1-9-6-12(16-13(15-9)17-14)19-11-5-3-4-10(7-11)8-18-2/h3-7H,8,14H2,1-2H3,(H,15,16,17). The Hall–Kier alpha value is -2.18. The molecule has 19 heavy (non-hydrogen) atoms. The van der Waals surface area contributed by atoms with Gasteiger partial charge in [0.15, 0.2) is 0 Å². The Balaban J connectivity index is 2.20. The highest BCUT2D eigenvalue weighted by Crippen LogP contribution is 2.22. The Labute approximate surface area is 111 Å². The smallest absolute Gasteiger partial charge is 0.240 e. The lowest BCUT2D eigenvalue weighted by Crippen LogP contribution is -2.11. The number of nitrogen functional groups attached to an aromatic ring is 1. The summed E-state index contributed by atoms with van der Waals surface area (Å²) in [5.74, 6) is 6.75. The monoisotopic (exact) mass is 260 g/mol. The maximum absolute atomic E-state index is 5.69. The summed E-state index contributed by atoms with van der Waals surface area (Å²) in [5, 5.41) is 0. The number of aryl methyl sites for hydroxylation is 1. The Kier molecular flexibility index (Phi) is 4.27. The van der Waals surface area contributed by atoms with Gasteiger partial charge < -0.3 is 9.47 Å². The fourth-order valence-electron chi connectivity index (χ4n) is 1.64. The van der Waals surface area contributed by atoms with Gasteiger partial charge in [0.05, 0.1) is 6.61 Å². The van der Waals surface area contributed by atoms with E-state index in [2.05, 4.69) is 15.4 Å². The average molecular weight is 260 g/mol. The van der Waals surface area contributed by atoms with E-state index < -0.39 is 0 Å². The minimum Gasteiger partial charge on any atom is -0.439 e. The van der Waals surface area contributed by atoms with Crippen molar-refractivity contribution in [2.75, 3.05) is 12.5 Å². The highest BCUT2D eigenvalue weighted by atomic mass is 16.5. The van der Waals surface area contributed by atoms with Gasteiger partial charge in [-0.1, -0.05) is 12.1 Å². The molecule has 0 saturated heterocycles. The molecule has 0 saturated carbocycles. The number of methoxy groups -OCH3 is 1. The molecule has 0 radical (unpaired) electrons. The van der Waals surface area contributed by atoms with E-state index in [4.69, 9.17) is 15.3 Å². The van der Waals surface area contributed by atoms with Crippen LogP contribution in [0.2, 0.25) is 0 Å². The molecular weight excluding hydrogens is 244 g/mol. The van der Waals surface area contributed by atoms with Crippen molar-refractivity contribution in [1.82, 2.24) is 9.97 Å². The summed E-state index contributed by atoms with van der Waals surface area (Å²) >= 11 is 0. The summed E-state index contributed by atoms with van der Waals surface area (Å²) in [6.45, 7) is 2.38. The van der Waals surface area contributed by atoms with Crippen LogP contribution in [0.15, 0.2) is 30.3 Å². The number of anilines is 1. The van der Waals surface area contributed by atoms with Crippen LogP contribution in [0.5, 0.6) is 11.6 Å². The first kappa shape index (κ1) is 13.3. The lowest BCUT2D eigenvalue weighted by atomic mass is 10.2. The summed E-state index contributed by atoms with van der Waals surface area (Å²) in [7, 11) is 1.65. The molecule has 0 spiro atoms. The lowest BCUT2D eigenvalue weighted by molar-refractivity contribution is 0.184. The summed E-state index contributed by atoms with van der Waals surface area (Å²) in [4.78, 5) is 8.22. The van der Waals surface area contributed by atoms with Gasteiger partial charge in [0.1, 0.15) is 5.75 Å². The summed E-state index contributed by atoms with van der Waals surface area (Å²) in [6.07, 6.45) is 0. The zero-order chi connectivity index (χ0) is 13.7. The van der Waals surface area contributed by atoms with Crippen molar-refractivity contribution in [3.8, 4) is 11.6 Å². The SMILES string of the molecule is COCc1cccc(Oc2cc(C)nc(NN)n2)c1. The van der Waals surface area contributed by atoms with Crippen molar-refractivity contribution >= 4 is 5.95 Å². The number of hydrazine groups is 1. The predicted octanol–water partition coefficient (Wildman–Crippen LogP) is 2.01. The molecule has 1 aromatic carbocycles. The average Bonchev–Trinajstić information content (AvgIpc) is 2.39. The second kappa shape index (κ2) is 6.12. The molecule has 0 aliphatic rings. The molecule has 1 aromatic heterocycles. The summed E-state index contributed by atoms with van der Waals surface area (Å²) in [5.41, 5.74) is 4.20. The minimum atomic E-state index is 0.322. The van der Waals surface area contributed by atoms with Gasteiger partial charge in [-0.05, 0) is 24.6 Å². The van der Waals surface area contributed by atoms with Crippen molar-refractivity contribution in [3.63, 3.8) is 0 Å². The van der Waals surface area contributed by atoms with E-state index >= 15 is 0 Å². The molecule has 6 nitrogen and oxygen atoms in total. The number of nitrogens with zero attached hydrogens (tertiary/aromatic N) is 2. The topological polar surface area (TPSA) is 82.3 Å². The van der Waals surface area contributed by atoms with E-state index in [1.54, 1.807) is 13.2 Å². The van der Waals surface area contributed by atoms with Gasteiger partial charge in [-0.3, -0.25) is 5.43 Å². The third kappa shape index (κ3) is 3.64. The van der Waals surface area contributed by atoms with E-state index in [0.717, 1.165) is 11.3 Å². The molecule has 2 aromatic rings. The van der Waals surface area contributed by atoms with E-state index in [1.165, 1.54) is 0 Å². The lowest BCUT2D eigenvalue weighted by Gasteiger charge is -2.08. The van der Waals surface area contributed by atoms with Gasteiger partial charge in [0.25, 0.3) is 0 Å². The molecule has 6 heteroatoms. The van der Waals surface area contributed by atoms with Crippen molar-refractivity contribution < 1.29 is 9.47 Å². The van der Waals surface area contributed by atoms with Gasteiger partial charge in [-0.15, -0.1) is 0 Å². The first-order chi connectivity index (χ1) is 9.21. The highest BCUT2D eigenvalue weighted by Gasteiger charge is 2.04. The first-order valence-electron chi connectivity index (χ1n) is 5.79. The second-order valence-electron chi connectivity index (χ2n) is 4.00. The molecule has 0 amide bonds. The minimum absolute atomic E-state index is 0.322. The van der Waals surface area contributed by atoms with Crippen molar-refractivity contribution in [2.45, 2.75) is 13.5 Å². The Morgan fingerprint density at radius 2 is 2.11 bits per heavy atom. The zero-order valence-electron chi connectivity index (χ0n) is 10.9. The molecular formula is C13H16N4O2. The fraction of sp³-hybridized carbons (Fsp3) is 0.231. The molecule has 2 rings (SSSR count). The second-order valence-corrected chi connectivity index (χ2v) is 4.00. The van der Waals surface area contributed by atoms with Crippen LogP contribution in [0.25, 0.3) is 0 Å². The molecule has 0 aliphatic heterocycles.